The fourth-order valence-electron chi connectivity index (χ4n) is 4.10. The second-order valence-electron chi connectivity index (χ2n) is 8.51. The molecular formula is C26H31N3O5S. The zero-order valence-corrected chi connectivity index (χ0v) is 21.2. The predicted molar refractivity (Wildman–Crippen MR) is 137 cm³/mol. The molecule has 1 fully saturated rings. The number of hydrogen-bond donors (Lipinski definition) is 0. The van der Waals surface area contributed by atoms with E-state index in [1.807, 2.05) is 36.4 Å². The van der Waals surface area contributed by atoms with E-state index in [9.17, 15) is 9.59 Å². The van der Waals surface area contributed by atoms with E-state index in [0.29, 0.717) is 53.7 Å². The number of benzene rings is 2. The number of likely N-dealkylation sites (N-methyl/N-ethyl adjacent to an activating group) is 1. The van der Waals surface area contributed by atoms with Crippen molar-refractivity contribution < 1.29 is 19.0 Å². The Morgan fingerprint density at radius 2 is 2.00 bits per heavy atom. The van der Waals surface area contributed by atoms with Crippen LogP contribution in [0.15, 0.2) is 52.4 Å². The number of ether oxygens (including phenoxy) is 3. The summed E-state index contributed by atoms with van der Waals surface area (Å²) in [6.45, 7) is 1.72. The van der Waals surface area contributed by atoms with Gasteiger partial charge in [0.2, 0.25) is 5.91 Å². The van der Waals surface area contributed by atoms with E-state index in [2.05, 4.69) is 0 Å². The van der Waals surface area contributed by atoms with E-state index < -0.39 is 0 Å². The van der Waals surface area contributed by atoms with Gasteiger partial charge in [-0.15, -0.1) is 0 Å². The first-order chi connectivity index (χ1) is 17.0. The van der Waals surface area contributed by atoms with Crippen molar-refractivity contribution in [3.05, 3.63) is 58.4 Å². The van der Waals surface area contributed by atoms with Crippen LogP contribution in [-0.4, -0.2) is 66.6 Å². The van der Waals surface area contributed by atoms with E-state index in [1.54, 1.807) is 36.8 Å². The van der Waals surface area contributed by atoms with Gasteiger partial charge in [0, 0.05) is 20.2 Å². The molecule has 1 atom stereocenters. The average Bonchev–Trinajstić information content (AvgIpc) is 3.40. The number of para-hydroxylation sites is 1. The third-order valence-corrected chi connectivity index (χ3v) is 7.13. The molecule has 3 aromatic rings. The fraction of sp³-hybridized carbons (Fsp3) is 0.423. The molecule has 1 aromatic heterocycles. The number of thioether (sulfide) groups is 1. The number of fused-ring (bicyclic) bond motifs is 1. The van der Waals surface area contributed by atoms with Crippen LogP contribution in [0.3, 0.4) is 0 Å². The Balaban J connectivity index is 1.43. The van der Waals surface area contributed by atoms with E-state index in [0.717, 1.165) is 18.4 Å². The molecule has 0 saturated carbocycles. The number of carbonyl (C=O) groups is 1. The highest BCUT2D eigenvalue weighted by Gasteiger charge is 2.21. The number of methoxy groups -OCH3 is 2. The Kier molecular flexibility index (Phi) is 8.30. The summed E-state index contributed by atoms with van der Waals surface area (Å²) in [5.74, 6) is 1.51. The molecule has 35 heavy (non-hydrogen) atoms. The van der Waals surface area contributed by atoms with Crippen LogP contribution < -0.4 is 15.0 Å². The van der Waals surface area contributed by atoms with E-state index in [1.165, 1.54) is 11.8 Å². The van der Waals surface area contributed by atoms with Crippen LogP contribution >= 0.6 is 11.8 Å². The number of amides is 1. The predicted octanol–water partition coefficient (Wildman–Crippen LogP) is 3.39. The summed E-state index contributed by atoms with van der Waals surface area (Å²) in [6.07, 6.45) is 2.59. The number of aromatic nitrogens is 2. The number of hydrogen-bond acceptors (Lipinski definition) is 7. The maximum atomic E-state index is 13.2. The van der Waals surface area contributed by atoms with Gasteiger partial charge in [0.05, 0.1) is 43.5 Å². The van der Waals surface area contributed by atoms with E-state index >= 15 is 0 Å². The van der Waals surface area contributed by atoms with Crippen LogP contribution in [0.4, 0.5) is 0 Å². The number of rotatable bonds is 10. The standard InChI is InChI=1S/C26H31N3O5S/c1-28(13-12-18-10-11-22(32-2)23(15-18)33-3)24(30)17-35-26-27-21-9-5-4-8-20(21)25(31)29(26)16-19-7-6-14-34-19/h4-5,8-11,15,19H,6-7,12-14,16-17H2,1-3H3/t19-/m0/s1. The van der Waals surface area contributed by atoms with Gasteiger partial charge >= 0.3 is 0 Å². The molecule has 1 aliphatic rings. The van der Waals surface area contributed by atoms with Gasteiger partial charge in [-0.1, -0.05) is 30.0 Å². The molecule has 0 N–H and O–H groups in total. The van der Waals surface area contributed by atoms with Gasteiger partial charge in [0.15, 0.2) is 16.7 Å². The molecule has 2 heterocycles. The van der Waals surface area contributed by atoms with Gasteiger partial charge < -0.3 is 19.1 Å². The summed E-state index contributed by atoms with van der Waals surface area (Å²) in [4.78, 5) is 32.5. The van der Waals surface area contributed by atoms with Crippen molar-refractivity contribution >= 4 is 28.6 Å². The first-order valence-corrected chi connectivity index (χ1v) is 12.7. The van der Waals surface area contributed by atoms with Gasteiger partial charge in [-0.05, 0) is 49.1 Å². The minimum absolute atomic E-state index is 0.00474. The Labute approximate surface area is 209 Å². The van der Waals surface area contributed by atoms with Gasteiger partial charge in [-0.2, -0.15) is 0 Å². The van der Waals surface area contributed by atoms with Gasteiger partial charge in [-0.3, -0.25) is 14.2 Å². The molecule has 0 unspecified atom stereocenters. The molecule has 4 rings (SSSR count). The molecule has 8 nitrogen and oxygen atoms in total. The smallest absolute Gasteiger partial charge is 0.262 e. The largest absolute Gasteiger partial charge is 0.493 e. The molecule has 0 radical (unpaired) electrons. The van der Waals surface area contributed by atoms with Crippen LogP contribution in [0, 0.1) is 0 Å². The van der Waals surface area contributed by atoms with Crippen molar-refractivity contribution in [1.82, 2.24) is 14.5 Å². The van der Waals surface area contributed by atoms with Crippen LogP contribution in [0.2, 0.25) is 0 Å². The first kappa shape index (κ1) is 25.1. The molecule has 2 aromatic carbocycles. The zero-order valence-electron chi connectivity index (χ0n) is 20.4. The number of nitrogens with zero attached hydrogens (tertiary/aromatic N) is 3. The molecule has 1 amide bonds. The average molecular weight is 498 g/mol. The van der Waals surface area contributed by atoms with Gasteiger partial charge in [0.25, 0.3) is 5.56 Å². The lowest BCUT2D eigenvalue weighted by Gasteiger charge is -2.19. The summed E-state index contributed by atoms with van der Waals surface area (Å²) in [5, 5.41) is 1.12. The Morgan fingerprint density at radius 1 is 1.20 bits per heavy atom. The molecule has 0 aliphatic carbocycles. The summed E-state index contributed by atoms with van der Waals surface area (Å²) in [7, 11) is 5.00. The Hall–Kier alpha value is -3.04. The lowest BCUT2D eigenvalue weighted by molar-refractivity contribution is -0.127. The van der Waals surface area contributed by atoms with Crippen molar-refractivity contribution in [3.63, 3.8) is 0 Å². The normalized spacial score (nSPS) is 15.3. The monoisotopic (exact) mass is 497 g/mol. The molecule has 1 aliphatic heterocycles. The summed E-state index contributed by atoms with van der Waals surface area (Å²) in [6, 6.07) is 13.1. The van der Waals surface area contributed by atoms with Crippen LogP contribution in [0.5, 0.6) is 11.5 Å². The van der Waals surface area contributed by atoms with Gasteiger partial charge in [0.1, 0.15) is 0 Å². The first-order valence-electron chi connectivity index (χ1n) is 11.7. The van der Waals surface area contributed by atoms with E-state index in [4.69, 9.17) is 19.2 Å². The highest BCUT2D eigenvalue weighted by Crippen LogP contribution is 2.28. The lowest BCUT2D eigenvalue weighted by atomic mass is 10.1. The summed E-state index contributed by atoms with van der Waals surface area (Å²) < 4.78 is 18.1. The van der Waals surface area contributed by atoms with Crippen molar-refractivity contribution in [2.75, 3.05) is 40.2 Å². The zero-order chi connectivity index (χ0) is 24.8. The van der Waals surface area contributed by atoms with Crippen LogP contribution in [0.1, 0.15) is 18.4 Å². The minimum atomic E-state index is -0.0946. The highest BCUT2D eigenvalue weighted by molar-refractivity contribution is 7.99. The second-order valence-corrected chi connectivity index (χ2v) is 9.45. The van der Waals surface area contributed by atoms with Crippen molar-refractivity contribution in [3.8, 4) is 11.5 Å². The summed E-state index contributed by atoms with van der Waals surface area (Å²) >= 11 is 1.30. The molecule has 0 bridgehead atoms. The maximum absolute atomic E-state index is 13.2. The Bertz CT molecular complexity index is 1240. The van der Waals surface area contributed by atoms with Gasteiger partial charge in [-0.25, -0.2) is 4.98 Å². The maximum Gasteiger partial charge on any atom is 0.262 e. The summed E-state index contributed by atoms with van der Waals surface area (Å²) in [5.41, 5.74) is 1.59. The third kappa shape index (κ3) is 5.97. The van der Waals surface area contributed by atoms with Crippen LogP contribution in [0.25, 0.3) is 10.9 Å². The SMILES string of the molecule is COc1ccc(CCN(C)C(=O)CSc2nc3ccccc3c(=O)n2C[C@@H]2CCCO2)cc1OC. The number of carbonyl (C=O) groups excluding carboxylic acids is 1. The van der Waals surface area contributed by atoms with Crippen molar-refractivity contribution in [2.24, 2.45) is 0 Å². The Morgan fingerprint density at radius 3 is 2.74 bits per heavy atom. The van der Waals surface area contributed by atoms with Crippen LogP contribution in [-0.2, 0) is 22.5 Å². The topological polar surface area (TPSA) is 82.9 Å². The lowest BCUT2D eigenvalue weighted by Crippen LogP contribution is -2.32. The molecule has 9 heteroatoms. The van der Waals surface area contributed by atoms with Crippen molar-refractivity contribution in [1.29, 1.82) is 0 Å². The molecule has 186 valence electrons. The fourth-order valence-corrected chi connectivity index (χ4v) is 5.05. The molecule has 0 spiro atoms. The second kappa shape index (κ2) is 11.6. The molecule has 1 saturated heterocycles. The third-order valence-electron chi connectivity index (χ3n) is 6.17. The minimum Gasteiger partial charge on any atom is -0.493 e. The van der Waals surface area contributed by atoms with Crippen molar-refractivity contribution in [2.45, 2.75) is 37.1 Å². The van der Waals surface area contributed by atoms with E-state index in [-0.39, 0.29) is 23.3 Å². The molecular weight excluding hydrogens is 466 g/mol. The highest BCUT2D eigenvalue weighted by atomic mass is 32.2. The quantitative estimate of drug-likeness (QED) is 0.314.